The fourth-order valence-electron chi connectivity index (χ4n) is 3.85. The van der Waals surface area contributed by atoms with Crippen LogP contribution in [0.3, 0.4) is 0 Å². The van der Waals surface area contributed by atoms with Crippen LogP contribution in [0, 0.1) is 6.92 Å². The lowest BCUT2D eigenvalue weighted by Crippen LogP contribution is -2.37. The van der Waals surface area contributed by atoms with E-state index in [1.165, 1.54) is 0 Å². The molecule has 5 rings (SSSR count). The Morgan fingerprint density at radius 1 is 1.33 bits per heavy atom. The number of aryl methyl sites for hydroxylation is 1. The van der Waals surface area contributed by atoms with Crippen LogP contribution in [0.4, 0.5) is 0 Å². The maximum atomic E-state index is 12.8. The van der Waals surface area contributed by atoms with Gasteiger partial charge in [-0.25, -0.2) is 0 Å². The molecule has 0 aliphatic carbocycles. The van der Waals surface area contributed by atoms with Crippen molar-refractivity contribution in [3.05, 3.63) is 50.9 Å². The molecule has 0 unspecified atom stereocenters. The molecule has 140 valence electrons. The Hall–Kier alpha value is -2.15. The van der Waals surface area contributed by atoms with Crippen LogP contribution in [0.2, 0.25) is 0 Å². The van der Waals surface area contributed by atoms with E-state index in [1.807, 2.05) is 36.6 Å². The highest BCUT2D eigenvalue weighted by Gasteiger charge is 2.34. The van der Waals surface area contributed by atoms with Crippen LogP contribution >= 0.6 is 11.3 Å². The average molecular weight is 383 g/mol. The van der Waals surface area contributed by atoms with Crippen LogP contribution in [0.5, 0.6) is 11.5 Å². The zero-order chi connectivity index (χ0) is 18.4. The third-order valence-electron chi connectivity index (χ3n) is 5.33. The molecule has 0 N–H and O–H groups in total. The number of rotatable bonds is 3. The molecule has 2 aromatic rings. The minimum Gasteiger partial charge on any atom is -0.478 e. The van der Waals surface area contributed by atoms with E-state index in [-0.39, 0.29) is 11.9 Å². The van der Waals surface area contributed by atoms with Gasteiger partial charge in [-0.1, -0.05) is 0 Å². The molecule has 3 aliphatic heterocycles. The predicted octanol–water partition coefficient (Wildman–Crippen LogP) is 4.00. The molecule has 1 aromatic carbocycles. The molecule has 0 amide bonds. The minimum absolute atomic E-state index is 0.0585. The van der Waals surface area contributed by atoms with Gasteiger partial charge in [0.05, 0.1) is 17.2 Å². The number of allylic oxidation sites excluding steroid dienone is 1. The van der Waals surface area contributed by atoms with Gasteiger partial charge in [-0.3, -0.25) is 9.69 Å². The van der Waals surface area contributed by atoms with Gasteiger partial charge in [-0.2, -0.15) is 0 Å². The summed E-state index contributed by atoms with van der Waals surface area (Å²) >= 11 is 1.61. The first-order chi connectivity index (χ1) is 13.2. The summed E-state index contributed by atoms with van der Waals surface area (Å²) in [6.07, 6.45) is 4.34. The maximum Gasteiger partial charge on any atom is 0.232 e. The second-order valence-electron chi connectivity index (χ2n) is 7.25. The van der Waals surface area contributed by atoms with Crippen molar-refractivity contribution >= 4 is 23.2 Å². The highest BCUT2D eigenvalue weighted by molar-refractivity contribution is 7.11. The number of nitrogens with zero attached hydrogens (tertiary/aromatic N) is 1. The van der Waals surface area contributed by atoms with Crippen molar-refractivity contribution in [3.8, 4) is 11.5 Å². The number of carbonyl (C=O) groups excluding carboxylic acids is 1. The fraction of sp³-hybridized carbons (Fsp3) is 0.381. The van der Waals surface area contributed by atoms with Gasteiger partial charge in [0.1, 0.15) is 18.2 Å². The molecule has 1 atom stereocenters. The van der Waals surface area contributed by atoms with Crippen LogP contribution in [0.15, 0.2) is 29.3 Å². The highest BCUT2D eigenvalue weighted by Crippen LogP contribution is 2.42. The third-order valence-corrected chi connectivity index (χ3v) is 6.30. The second kappa shape index (κ2) is 6.78. The van der Waals surface area contributed by atoms with Crippen LogP contribution in [-0.2, 0) is 11.3 Å². The Morgan fingerprint density at radius 2 is 2.26 bits per heavy atom. The highest BCUT2D eigenvalue weighted by atomic mass is 32.1. The molecule has 4 heterocycles. The van der Waals surface area contributed by atoms with Crippen molar-refractivity contribution in [3.63, 3.8) is 0 Å². The van der Waals surface area contributed by atoms with E-state index in [4.69, 9.17) is 14.2 Å². The van der Waals surface area contributed by atoms with Gasteiger partial charge in [0, 0.05) is 30.6 Å². The Labute approximate surface area is 162 Å². The van der Waals surface area contributed by atoms with E-state index in [0.717, 1.165) is 47.7 Å². The molecular formula is C21H21NO4S. The Bertz CT molecular complexity index is 926. The molecule has 3 aliphatic rings. The topological polar surface area (TPSA) is 48.0 Å². The van der Waals surface area contributed by atoms with Gasteiger partial charge in [0.2, 0.25) is 5.78 Å². The molecule has 5 nitrogen and oxygen atoms in total. The van der Waals surface area contributed by atoms with E-state index in [0.29, 0.717) is 30.3 Å². The van der Waals surface area contributed by atoms with Crippen molar-refractivity contribution < 1.29 is 19.0 Å². The van der Waals surface area contributed by atoms with Crippen LogP contribution in [0.25, 0.3) is 6.08 Å². The van der Waals surface area contributed by atoms with Crippen molar-refractivity contribution in [1.29, 1.82) is 0 Å². The maximum absolute atomic E-state index is 12.8. The van der Waals surface area contributed by atoms with Gasteiger partial charge < -0.3 is 14.2 Å². The van der Waals surface area contributed by atoms with Crippen LogP contribution in [-0.4, -0.2) is 36.7 Å². The van der Waals surface area contributed by atoms with E-state index >= 15 is 0 Å². The lowest BCUT2D eigenvalue weighted by atomic mass is 10.0. The molecular weight excluding hydrogens is 362 g/mol. The first-order valence-corrected chi connectivity index (χ1v) is 10.2. The van der Waals surface area contributed by atoms with Crippen LogP contribution in [0.1, 0.15) is 39.2 Å². The van der Waals surface area contributed by atoms with Crippen LogP contribution < -0.4 is 9.47 Å². The monoisotopic (exact) mass is 383 g/mol. The molecule has 0 spiro atoms. The molecule has 1 aromatic heterocycles. The Kier molecular flexibility index (Phi) is 4.27. The molecule has 0 bridgehead atoms. The zero-order valence-corrected chi connectivity index (χ0v) is 16.0. The number of ketones is 1. The SMILES string of the molecule is Cc1ccsc1/C=C1\Oc2c(ccc3c2CN(C[C@@H]2CCCO2)CO3)C1=O. The predicted molar refractivity (Wildman–Crippen MR) is 103 cm³/mol. The number of thiophene rings is 1. The molecule has 1 saturated heterocycles. The quantitative estimate of drug-likeness (QED) is 0.750. The largest absolute Gasteiger partial charge is 0.478 e. The van der Waals surface area contributed by atoms with Crippen molar-refractivity contribution in [2.24, 2.45) is 0 Å². The first kappa shape index (κ1) is 17.0. The number of Topliss-reactive ketones (excluding diaryl/α,β-unsaturated/α-hetero) is 1. The summed E-state index contributed by atoms with van der Waals surface area (Å²) in [5.41, 5.74) is 2.72. The van der Waals surface area contributed by atoms with E-state index in [1.54, 1.807) is 11.3 Å². The third kappa shape index (κ3) is 3.08. The number of hydrogen-bond acceptors (Lipinski definition) is 6. The van der Waals surface area contributed by atoms with Gasteiger partial charge in [-0.05, 0) is 48.9 Å². The average Bonchev–Trinajstić information content (AvgIpc) is 3.39. The number of benzene rings is 1. The van der Waals surface area contributed by atoms with Gasteiger partial charge in [-0.15, -0.1) is 11.3 Å². The normalized spacial score (nSPS) is 23.2. The van der Waals surface area contributed by atoms with Gasteiger partial charge in [0.15, 0.2) is 5.76 Å². The Morgan fingerprint density at radius 3 is 3.04 bits per heavy atom. The number of fused-ring (bicyclic) bond motifs is 3. The van der Waals surface area contributed by atoms with Gasteiger partial charge in [0.25, 0.3) is 0 Å². The van der Waals surface area contributed by atoms with Crippen molar-refractivity contribution in [2.45, 2.75) is 32.4 Å². The van der Waals surface area contributed by atoms with E-state index < -0.39 is 0 Å². The van der Waals surface area contributed by atoms with E-state index in [2.05, 4.69) is 4.90 Å². The molecule has 27 heavy (non-hydrogen) atoms. The number of ether oxygens (including phenoxy) is 3. The lowest BCUT2D eigenvalue weighted by Gasteiger charge is -2.31. The minimum atomic E-state index is -0.0585. The molecule has 6 heteroatoms. The second-order valence-corrected chi connectivity index (χ2v) is 8.19. The first-order valence-electron chi connectivity index (χ1n) is 9.30. The summed E-state index contributed by atoms with van der Waals surface area (Å²) in [4.78, 5) is 16.1. The van der Waals surface area contributed by atoms with Crippen molar-refractivity contribution in [1.82, 2.24) is 4.90 Å². The zero-order valence-electron chi connectivity index (χ0n) is 15.2. The summed E-state index contributed by atoms with van der Waals surface area (Å²) in [5, 5.41) is 2.02. The smallest absolute Gasteiger partial charge is 0.232 e. The number of hydrogen-bond donors (Lipinski definition) is 0. The molecule has 0 saturated carbocycles. The van der Waals surface area contributed by atoms with Crippen molar-refractivity contribution in [2.75, 3.05) is 19.9 Å². The van der Waals surface area contributed by atoms with E-state index in [9.17, 15) is 4.79 Å². The summed E-state index contributed by atoms with van der Waals surface area (Å²) in [6.45, 7) is 4.97. The molecule has 0 radical (unpaired) electrons. The summed E-state index contributed by atoms with van der Waals surface area (Å²) in [6, 6.07) is 5.74. The molecule has 1 fully saturated rings. The Balaban J connectivity index is 1.42. The van der Waals surface area contributed by atoms with Gasteiger partial charge >= 0.3 is 0 Å². The summed E-state index contributed by atoms with van der Waals surface area (Å²) in [5.74, 6) is 1.78. The number of carbonyl (C=O) groups is 1. The fourth-order valence-corrected chi connectivity index (χ4v) is 4.70. The lowest BCUT2D eigenvalue weighted by molar-refractivity contribution is 0.0274. The summed E-state index contributed by atoms with van der Waals surface area (Å²) in [7, 11) is 0. The summed E-state index contributed by atoms with van der Waals surface area (Å²) < 4.78 is 17.7. The standard InChI is InChI=1S/C21H21NO4S/c1-13-6-8-27-19(13)9-18-20(23)15-4-5-17-16(21(15)26-18)11-22(12-25-17)10-14-3-2-7-24-14/h4-6,8-9,14H,2-3,7,10-12H2,1H3/b18-9-/t14-/m0/s1.